The highest BCUT2D eigenvalue weighted by atomic mass is 32.2. The lowest BCUT2D eigenvalue weighted by atomic mass is 10.1. The molecule has 0 heterocycles. The van der Waals surface area contributed by atoms with Crippen LogP contribution in [0.3, 0.4) is 0 Å². The molecule has 106 valence electrons. The third-order valence-corrected chi connectivity index (χ3v) is 4.38. The van der Waals surface area contributed by atoms with E-state index in [0.717, 1.165) is 5.69 Å². The lowest BCUT2D eigenvalue weighted by Crippen LogP contribution is -2.14. The van der Waals surface area contributed by atoms with Gasteiger partial charge < -0.3 is 5.32 Å². The zero-order valence-corrected chi connectivity index (χ0v) is 12.4. The summed E-state index contributed by atoms with van der Waals surface area (Å²) in [6, 6.07) is 13.1. The SMILES string of the molecule is Cc1ccccc1CNc1cccc(S(N)(=O)=O)c1C. The first kappa shape index (κ1) is 14.6. The van der Waals surface area contributed by atoms with Crippen LogP contribution in [-0.2, 0) is 16.6 Å². The van der Waals surface area contributed by atoms with E-state index in [0.29, 0.717) is 12.1 Å². The first-order valence-corrected chi connectivity index (χ1v) is 7.85. The Morgan fingerprint density at radius 1 is 1.05 bits per heavy atom. The van der Waals surface area contributed by atoms with Crippen LogP contribution in [0.2, 0.25) is 0 Å². The van der Waals surface area contributed by atoms with E-state index in [4.69, 9.17) is 5.14 Å². The maximum atomic E-state index is 11.5. The third-order valence-electron chi connectivity index (χ3n) is 3.32. The van der Waals surface area contributed by atoms with E-state index in [2.05, 4.69) is 5.32 Å². The van der Waals surface area contributed by atoms with Crippen molar-refractivity contribution in [2.45, 2.75) is 25.3 Å². The molecule has 0 radical (unpaired) electrons. The maximum Gasteiger partial charge on any atom is 0.238 e. The molecule has 2 rings (SSSR count). The first-order valence-electron chi connectivity index (χ1n) is 6.30. The van der Waals surface area contributed by atoms with Crippen molar-refractivity contribution in [3.8, 4) is 0 Å². The van der Waals surface area contributed by atoms with Crippen molar-refractivity contribution >= 4 is 15.7 Å². The average molecular weight is 290 g/mol. The highest BCUT2D eigenvalue weighted by Gasteiger charge is 2.13. The average Bonchev–Trinajstić information content (AvgIpc) is 2.38. The molecule has 0 bridgehead atoms. The van der Waals surface area contributed by atoms with Crippen molar-refractivity contribution < 1.29 is 8.42 Å². The Morgan fingerprint density at radius 2 is 1.75 bits per heavy atom. The molecule has 0 atom stereocenters. The molecule has 0 saturated heterocycles. The van der Waals surface area contributed by atoms with Crippen LogP contribution < -0.4 is 10.5 Å². The van der Waals surface area contributed by atoms with Gasteiger partial charge in [0.25, 0.3) is 0 Å². The predicted molar refractivity (Wildman–Crippen MR) is 81.1 cm³/mol. The van der Waals surface area contributed by atoms with Gasteiger partial charge in [-0.2, -0.15) is 0 Å². The van der Waals surface area contributed by atoms with E-state index in [1.807, 2.05) is 37.3 Å². The normalized spacial score (nSPS) is 11.3. The van der Waals surface area contributed by atoms with Gasteiger partial charge >= 0.3 is 0 Å². The van der Waals surface area contributed by atoms with E-state index >= 15 is 0 Å². The van der Waals surface area contributed by atoms with Crippen molar-refractivity contribution in [3.63, 3.8) is 0 Å². The number of benzene rings is 2. The van der Waals surface area contributed by atoms with E-state index in [9.17, 15) is 8.42 Å². The van der Waals surface area contributed by atoms with Crippen LogP contribution in [0.4, 0.5) is 5.69 Å². The molecule has 0 aliphatic heterocycles. The van der Waals surface area contributed by atoms with Gasteiger partial charge in [0, 0.05) is 12.2 Å². The van der Waals surface area contributed by atoms with Gasteiger partial charge in [0.2, 0.25) is 10.0 Å². The van der Waals surface area contributed by atoms with Crippen LogP contribution in [0.1, 0.15) is 16.7 Å². The zero-order chi connectivity index (χ0) is 14.8. The van der Waals surface area contributed by atoms with Gasteiger partial charge in [0.15, 0.2) is 0 Å². The minimum Gasteiger partial charge on any atom is -0.381 e. The number of primary sulfonamides is 1. The molecule has 0 spiro atoms. The van der Waals surface area contributed by atoms with Crippen molar-refractivity contribution in [1.29, 1.82) is 0 Å². The quantitative estimate of drug-likeness (QED) is 0.909. The van der Waals surface area contributed by atoms with E-state index in [-0.39, 0.29) is 4.90 Å². The Bertz CT molecular complexity index is 724. The molecule has 0 aliphatic carbocycles. The minimum atomic E-state index is -3.69. The van der Waals surface area contributed by atoms with E-state index < -0.39 is 10.0 Å². The van der Waals surface area contributed by atoms with Gasteiger partial charge in [-0.1, -0.05) is 30.3 Å². The Hall–Kier alpha value is -1.85. The van der Waals surface area contributed by atoms with Gasteiger partial charge in [0.05, 0.1) is 4.90 Å². The van der Waals surface area contributed by atoms with E-state index in [1.165, 1.54) is 17.2 Å². The molecule has 4 nitrogen and oxygen atoms in total. The number of anilines is 1. The molecule has 3 N–H and O–H groups in total. The molecule has 5 heteroatoms. The number of nitrogens with two attached hydrogens (primary N) is 1. The molecule has 0 amide bonds. The number of hydrogen-bond donors (Lipinski definition) is 2. The van der Waals surface area contributed by atoms with Gasteiger partial charge in [-0.15, -0.1) is 0 Å². The van der Waals surface area contributed by atoms with Crippen LogP contribution in [-0.4, -0.2) is 8.42 Å². The zero-order valence-electron chi connectivity index (χ0n) is 11.6. The van der Waals surface area contributed by atoms with E-state index in [1.54, 1.807) is 13.0 Å². The molecular formula is C15H18N2O2S. The second-order valence-corrected chi connectivity index (χ2v) is 6.28. The number of sulfonamides is 1. The molecule has 20 heavy (non-hydrogen) atoms. The fourth-order valence-corrected chi connectivity index (χ4v) is 2.92. The molecule has 0 saturated carbocycles. The highest BCUT2D eigenvalue weighted by Crippen LogP contribution is 2.22. The number of nitrogens with one attached hydrogen (secondary N) is 1. The Balaban J connectivity index is 2.25. The minimum absolute atomic E-state index is 0.160. The summed E-state index contributed by atoms with van der Waals surface area (Å²) in [6.45, 7) is 4.44. The second kappa shape index (κ2) is 5.64. The van der Waals surface area contributed by atoms with Gasteiger partial charge in [0.1, 0.15) is 0 Å². The second-order valence-electron chi connectivity index (χ2n) is 4.75. The summed E-state index contributed by atoms with van der Waals surface area (Å²) in [4.78, 5) is 0.160. The van der Waals surface area contributed by atoms with Crippen LogP contribution in [0.5, 0.6) is 0 Å². The monoisotopic (exact) mass is 290 g/mol. The van der Waals surface area contributed by atoms with Crippen LogP contribution in [0.25, 0.3) is 0 Å². The summed E-state index contributed by atoms with van der Waals surface area (Å²) in [5.41, 5.74) is 3.79. The number of hydrogen-bond acceptors (Lipinski definition) is 3. The first-order chi connectivity index (χ1) is 9.39. The Labute approximate surface area is 119 Å². The molecule has 0 fully saturated rings. The standard InChI is InChI=1S/C15H18N2O2S/c1-11-6-3-4-7-13(11)10-17-14-8-5-9-15(12(14)2)20(16,18)19/h3-9,17H,10H2,1-2H3,(H2,16,18,19). The Kier molecular flexibility index (Phi) is 4.11. The van der Waals surface area contributed by atoms with Crippen molar-refractivity contribution in [2.24, 2.45) is 5.14 Å². The topological polar surface area (TPSA) is 72.2 Å². The van der Waals surface area contributed by atoms with Gasteiger partial charge in [-0.05, 0) is 42.7 Å². The smallest absolute Gasteiger partial charge is 0.238 e. The Morgan fingerprint density at radius 3 is 2.40 bits per heavy atom. The van der Waals surface area contributed by atoms with Crippen molar-refractivity contribution in [1.82, 2.24) is 0 Å². The van der Waals surface area contributed by atoms with Crippen molar-refractivity contribution in [3.05, 3.63) is 59.2 Å². The molecule has 2 aromatic rings. The van der Waals surface area contributed by atoms with Crippen LogP contribution >= 0.6 is 0 Å². The van der Waals surface area contributed by atoms with Gasteiger partial charge in [-0.3, -0.25) is 0 Å². The maximum absolute atomic E-state index is 11.5. The number of aryl methyl sites for hydroxylation is 1. The lowest BCUT2D eigenvalue weighted by Gasteiger charge is -2.13. The predicted octanol–water partition coefficient (Wildman–Crippen LogP) is 2.56. The summed E-state index contributed by atoms with van der Waals surface area (Å²) >= 11 is 0. The number of rotatable bonds is 4. The fourth-order valence-electron chi connectivity index (χ4n) is 2.11. The largest absolute Gasteiger partial charge is 0.381 e. The highest BCUT2D eigenvalue weighted by molar-refractivity contribution is 7.89. The molecule has 0 aromatic heterocycles. The van der Waals surface area contributed by atoms with Crippen LogP contribution in [0, 0.1) is 13.8 Å². The third kappa shape index (κ3) is 3.18. The fraction of sp³-hybridized carbons (Fsp3) is 0.200. The molecule has 0 unspecified atom stereocenters. The summed E-state index contributed by atoms with van der Waals surface area (Å²) in [5, 5.41) is 8.46. The summed E-state index contributed by atoms with van der Waals surface area (Å²) in [7, 11) is -3.69. The summed E-state index contributed by atoms with van der Waals surface area (Å²) in [6.07, 6.45) is 0. The molecular weight excluding hydrogens is 272 g/mol. The van der Waals surface area contributed by atoms with Crippen molar-refractivity contribution in [2.75, 3.05) is 5.32 Å². The van der Waals surface area contributed by atoms with Gasteiger partial charge in [-0.25, -0.2) is 13.6 Å². The lowest BCUT2D eigenvalue weighted by molar-refractivity contribution is 0.597. The summed E-state index contributed by atoms with van der Waals surface area (Å²) in [5.74, 6) is 0. The van der Waals surface area contributed by atoms with Crippen LogP contribution in [0.15, 0.2) is 47.4 Å². The molecule has 2 aromatic carbocycles. The summed E-state index contributed by atoms with van der Waals surface area (Å²) < 4.78 is 23.0. The molecule has 0 aliphatic rings.